The molecular formula is C15H14ClN3OS. The smallest absolute Gasteiger partial charge is 0.277 e. The van der Waals surface area contributed by atoms with E-state index in [0.717, 1.165) is 22.8 Å². The van der Waals surface area contributed by atoms with E-state index in [1.165, 1.54) is 0 Å². The fourth-order valence-corrected chi connectivity index (χ4v) is 3.41. The van der Waals surface area contributed by atoms with Crippen LogP contribution in [0.1, 0.15) is 22.7 Å². The van der Waals surface area contributed by atoms with Gasteiger partial charge in [0.15, 0.2) is 0 Å². The van der Waals surface area contributed by atoms with Crippen LogP contribution < -0.4 is 4.90 Å². The van der Waals surface area contributed by atoms with Crippen LogP contribution in [0.2, 0.25) is 5.02 Å². The van der Waals surface area contributed by atoms with E-state index in [1.54, 1.807) is 35.8 Å². The van der Waals surface area contributed by atoms with Crippen molar-refractivity contribution in [1.82, 2.24) is 9.97 Å². The fraction of sp³-hybridized carbons (Fsp3) is 0.267. The van der Waals surface area contributed by atoms with Gasteiger partial charge in [0.05, 0.1) is 5.69 Å². The summed E-state index contributed by atoms with van der Waals surface area (Å²) in [7, 11) is 0. The first-order valence-electron chi connectivity index (χ1n) is 6.69. The van der Waals surface area contributed by atoms with Crippen molar-refractivity contribution in [3.8, 4) is 0 Å². The molecule has 0 saturated carbocycles. The molecule has 0 bridgehead atoms. The van der Waals surface area contributed by atoms with Crippen molar-refractivity contribution in [2.24, 2.45) is 0 Å². The lowest BCUT2D eigenvalue weighted by atomic mass is 10.2. The summed E-state index contributed by atoms with van der Waals surface area (Å²) < 4.78 is 0. The summed E-state index contributed by atoms with van der Waals surface area (Å²) in [5, 5.41) is 0.632. The number of aromatic nitrogens is 2. The van der Waals surface area contributed by atoms with Gasteiger partial charge in [0.1, 0.15) is 11.5 Å². The summed E-state index contributed by atoms with van der Waals surface area (Å²) in [4.78, 5) is 23.9. The number of rotatable bonds is 1. The first-order valence-corrected chi connectivity index (χ1v) is 8.05. The van der Waals surface area contributed by atoms with Crippen molar-refractivity contribution in [2.45, 2.75) is 18.2 Å². The van der Waals surface area contributed by atoms with Crippen LogP contribution in [0.4, 0.5) is 5.69 Å². The van der Waals surface area contributed by atoms with Gasteiger partial charge in [-0.05, 0) is 43.4 Å². The molecule has 1 aromatic carbocycles. The minimum atomic E-state index is -0.105. The lowest BCUT2D eigenvalue weighted by Gasteiger charge is -2.22. The average Bonchev–Trinajstić information content (AvgIpc) is 2.68. The van der Waals surface area contributed by atoms with Crippen molar-refractivity contribution >= 4 is 35.0 Å². The number of hydrogen-bond donors (Lipinski definition) is 0. The maximum atomic E-state index is 12.8. The zero-order valence-corrected chi connectivity index (χ0v) is 13.1. The van der Waals surface area contributed by atoms with Crippen LogP contribution in [0.25, 0.3) is 0 Å². The SMILES string of the molecule is Cc1nccc(C(=O)N2CCCSc3ccc(Cl)cc32)n1. The van der Waals surface area contributed by atoms with Gasteiger partial charge in [0, 0.05) is 22.7 Å². The Morgan fingerprint density at radius 3 is 3.05 bits per heavy atom. The molecular weight excluding hydrogens is 306 g/mol. The van der Waals surface area contributed by atoms with E-state index in [4.69, 9.17) is 11.6 Å². The number of fused-ring (bicyclic) bond motifs is 1. The van der Waals surface area contributed by atoms with Crippen molar-refractivity contribution in [1.29, 1.82) is 0 Å². The van der Waals surface area contributed by atoms with Crippen LogP contribution >= 0.6 is 23.4 Å². The van der Waals surface area contributed by atoms with Gasteiger partial charge in [-0.3, -0.25) is 4.79 Å². The molecule has 0 fully saturated rings. The Hall–Kier alpha value is -1.59. The normalized spacial score (nSPS) is 14.5. The predicted octanol–water partition coefficient (Wildman–Crippen LogP) is 3.58. The number of nitrogens with zero attached hydrogens (tertiary/aromatic N) is 3. The number of aryl methyl sites for hydroxylation is 1. The molecule has 2 heterocycles. The topological polar surface area (TPSA) is 46.1 Å². The van der Waals surface area contributed by atoms with Gasteiger partial charge in [-0.15, -0.1) is 11.8 Å². The minimum Gasteiger partial charge on any atom is -0.306 e. The second kappa shape index (κ2) is 6.03. The summed E-state index contributed by atoms with van der Waals surface area (Å²) in [5.74, 6) is 1.48. The zero-order chi connectivity index (χ0) is 14.8. The highest BCUT2D eigenvalue weighted by molar-refractivity contribution is 7.99. The Labute approximate surface area is 132 Å². The molecule has 0 unspecified atom stereocenters. The first kappa shape index (κ1) is 14.4. The van der Waals surface area contributed by atoms with Crippen molar-refractivity contribution < 1.29 is 4.79 Å². The largest absolute Gasteiger partial charge is 0.306 e. The molecule has 21 heavy (non-hydrogen) atoms. The van der Waals surface area contributed by atoms with Gasteiger partial charge in [-0.2, -0.15) is 0 Å². The third-order valence-electron chi connectivity index (χ3n) is 3.24. The van der Waals surface area contributed by atoms with Gasteiger partial charge in [-0.1, -0.05) is 11.6 Å². The van der Waals surface area contributed by atoms with Crippen LogP contribution in [0.15, 0.2) is 35.4 Å². The van der Waals surface area contributed by atoms with E-state index in [0.29, 0.717) is 23.1 Å². The molecule has 2 aromatic rings. The Bertz CT molecular complexity index is 692. The second-order valence-corrected chi connectivity index (χ2v) is 6.33. The predicted molar refractivity (Wildman–Crippen MR) is 85.2 cm³/mol. The number of carbonyl (C=O) groups is 1. The number of anilines is 1. The maximum Gasteiger partial charge on any atom is 0.277 e. The number of benzene rings is 1. The first-order chi connectivity index (χ1) is 10.1. The highest BCUT2D eigenvalue weighted by Gasteiger charge is 2.24. The van der Waals surface area contributed by atoms with E-state index < -0.39 is 0 Å². The highest BCUT2D eigenvalue weighted by Crippen LogP contribution is 2.36. The molecule has 6 heteroatoms. The Kier molecular flexibility index (Phi) is 4.12. The van der Waals surface area contributed by atoms with Crippen LogP contribution in [0, 0.1) is 6.92 Å². The highest BCUT2D eigenvalue weighted by atomic mass is 35.5. The molecule has 1 aliphatic heterocycles. The number of halogens is 1. The molecule has 3 rings (SSSR count). The molecule has 0 radical (unpaired) electrons. The van der Waals surface area contributed by atoms with Gasteiger partial charge in [-0.25, -0.2) is 9.97 Å². The van der Waals surface area contributed by atoms with E-state index >= 15 is 0 Å². The lowest BCUT2D eigenvalue weighted by Crippen LogP contribution is -2.32. The van der Waals surface area contributed by atoms with Gasteiger partial charge >= 0.3 is 0 Å². The molecule has 0 atom stereocenters. The average molecular weight is 320 g/mol. The quantitative estimate of drug-likeness (QED) is 0.806. The van der Waals surface area contributed by atoms with E-state index in [9.17, 15) is 4.79 Å². The molecule has 108 valence electrons. The van der Waals surface area contributed by atoms with Gasteiger partial charge < -0.3 is 4.90 Å². The number of carbonyl (C=O) groups excluding carboxylic acids is 1. The molecule has 0 spiro atoms. The molecule has 1 aliphatic rings. The number of hydrogen-bond acceptors (Lipinski definition) is 4. The van der Waals surface area contributed by atoms with Crippen LogP contribution in [-0.2, 0) is 0 Å². The van der Waals surface area contributed by atoms with Gasteiger partial charge in [0.25, 0.3) is 5.91 Å². The molecule has 1 amide bonds. The van der Waals surface area contributed by atoms with Gasteiger partial charge in [0.2, 0.25) is 0 Å². The van der Waals surface area contributed by atoms with Crippen LogP contribution in [0.5, 0.6) is 0 Å². The summed E-state index contributed by atoms with van der Waals surface area (Å²) in [5.41, 5.74) is 1.28. The standard InChI is InChI=1S/C15H14ClN3OS/c1-10-17-6-5-12(18-10)15(20)19-7-2-8-21-14-4-3-11(16)9-13(14)19/h3-6,9H,2,7-8H2,1H3. The maximum absolute atomic E-state index is 12.8. The third-order valence-corrected chi connectivity index (χ3v) is 4.62. The molecule has 4 nitrogen and oxygen atoms in total. The lowest BCUT2D eigenvalue weighted by molar-refractivity contribution is 0.0981. The zero-order valence-electron chi connectivity index (χ0n) is 11.5. The number of thioether (sulfide) groups is 1. The summed E-state index contributed by atoms with van der Waals surface area (Å²) in [6.07, 6.45) is 2.55. The Morgan fingerprint density at radius 1 is 1.38 bits per heavy atom. The van der Waals surface area contributed by atoms with Crippen LogP contribution in [-0.4, -0.2) is 28.2 Å². The summed E-state index contributed by atoms with van der Waals surface area (Å²) in [6.45, 7) is 2.45. The Balaban J connectivity index is 2.02. The third kappa shape index (κ3) is 3.04. The second-order valence-electron chi connectivity index (χ2n) is 4.76. The van der Waals surface area contributed by atoms with E-state index in [1.807, 2.05) is 18.2 Å². The van der Waals surface area contributed by atoms with Crippen LogP contribution in [0.3, 0.4) is 0 Å². The van der Waals surface area contributed by atoms with E-state index in [-0.39, 0.29) is 5.91 Å². The van der Waals surface area contributed by atoms with Crippen molar-refractivity contribution in [2.75, 3.05) is 17.2 Å². The summed E-state index contributed by atoms with van der Waals surface area (Å²) in [6, 6.07) is 7.33. The molecule has 0 aliphatic carbocycles. The number of amides is 1. The fourth-order valence-electron chi connectivity index (χ4n) is 2.27. The Morgan fingerprint density at radius 2 is 2.24 bits per heavy atom. The van der Waals surface area contributed by atoms with Crippen molar-refractivity contribution in [3.63, 3.8) is 0 Å². The monoisotopic (exact) mass is 319 g/mol. The molecule has 1 aromatic heterocycles. The summed E-state index contributed by atoms with van der Waals surface area (Å²) >= 11 is 7.85. The minimum absolute atomic E-state index is 0.105. The van der Waals surface area contributed by atoms with Crippen molar-refractivity contribution in [3.05, 3.63) is 47.0 Å². The molecule has 0 N–H and O–H groups in total. The molecule has 0 saturated heterocycles. The van der Waals surface area contributed by atoms with E-state index in [2.05, 4.69) is 9.97 Å².